The number of carbonyl (C=O) groups excluding carboxylic acids is 5. The second-order valence-electron chi connectivity index (χ2n) is 20.0. The molecule has 1 aliphatic carbocycles. The van der Waals surface area contributed by atoms with Gasteiger partial charge in [-0.2, -0.15) is 4.98 Å². The molecule has 5 aromatic rings. The van der Waals surface area contributed by atoms with E-state index in [1.807, 2.05) is 13.8 Å². The Morgan fingerprint density at radius 1 is 0.762 bits per heavy atom. The van der Waals surface area contributed by atoms with E-state index in [9.17, 15) is 38.7 Å². The van der Waals surface area contributed by atoms with Gasteiger partial charge in [0, 0.05) is 52.1 Å². The summed E-state index contributed by atoms with van der Waals surface area (Å²) in [5.74, 6) is -4.74. The molecule has 7 rings (SSSR count). The zero-order valence-corrected chi connectivity index (χ0v) is 45.5. The number of carboxylic acid groups (broad SMARTS) is 1. The van der Waals surface area contributed by atoms with Crippen molar-refractivity contribution in [3.63, 3.8) is 0 Å². The minimum Gasteiger partial charge on any atom is -0.481 e. The minimum absolute atomic E-state index is 0.0444. The Morgan fingerprint density at radius 3 is 2.01 bits per heavy atom. The second kappa shape index (κ2) is 30.0. The Hall–Kier alpha value is -7.82. The number of rotatable bonds is 29. The first-order chi connectivity index (χ1) is 38.7. The number of ether oxygens (including phenoxy) is 7. The molecule has 0 bridgehead atoms. The van der Waals surface area contributed by atoms with Gasteiger partial charge in [0.1, 0.15) is 18.3 Å². The molecule has 1 saturated heterocycles. The van der Waals surface area contributed by atoms with Crippen molar-refractivity contribution >= 4 is 59.2 Å². The van der Waals surface area contributed by atoms with Gasteiger partial charge >= 0.3 is 29.8 Å². The number of hydrogen-bond acceptors (Lipinski definition) is 17. The van der Waals surface area contributed by atoms with Gasteiger partial charge in [-0.1, -0.05) is 81.3 Å². The summed E-state index contributed by atoms with van der Waals surface area (Å²) in [6.07, 6.45) is 1.39. The molecule has 2 aromatic heterocycles. The number of esters is 4. The molecule has 1 amide bonds. The topological polar surface area (TPSA) is 278 Å². The first-order valence-corrected chi connectivity index (χ1v) is 27.2. The third kappa shape index (κ3) is 16.9. The molecule has 9 atom stereocenters. The summed E-state index contributed by atoms with van der Waals surface area (Å²) in [7, 11) is 3.54. The molecule has 1 aliphatic heterocycles. The van der Waals surface area contributed by atoms with Gasteiger partial charge < -0.3 is 48.5 Å². The van der Waals surface area contributed by atoms with Crippen LogP contribution in [0.1, 0.15) is 122 Å². The molecular formula is C58H71N7O15. The molecular weight excluding hydrogens is 1030 g/mol. The highest BCUT2D eigenvalue weighted by molar-refractivity contribution is 5.91. The highest BCUT2D eigenvalue weighted by Gasteiger charge is 2.50. The molecule has 1 unspecified atom stereocenters. The number of H-pyrrole nitrogens is 1. The van der Waals surface area contributed by atoms with Crippen LogP contribution in [-0.2, 0) is 47.5 Å². The largest absolute Gasteiger partial charge is 0.481 e. The molecule has 3 heterocycles. The Balaban J connectivity index is 0.887. The number of aromatic nitrogens is 4. The molecule has 1 saturated carbocycles. The standard InChI is InChI=1S/C58H71N7O15/c1-5-42-50(78-46(69)29-28-45(67)68)51(54(77-42)65-36-60-47-52(65)62-58(63-53(47)70)61-35-64(3)4)75-32-19-7-6-18-30-59-44(66)27-17-20-31-74-43-33-41(34-76-55(71)38-21-11-8-12-22-38)49(80-57(73)40-25-15-10-16-26-40)48(37(43)2)79-56(72)39-23-13-9-14-24-39/h8-16,21-26,35-37,41-43,48-51,54H,5-7,17-20,27-34H2,1-4H3,(H,59,66)(H,67,68)(H,62,63,70)/t37-,41+,42+,43+,48+,49-,50?,51-,54+/m0/s1. The van der Waals surface area contributed by atoms with E-state index in [4.69, 9.17) is 33.2 Å². The maximum absolute atomic E-state index is 13.6. The van der Waals surface area contributed by atoms with Crippen LogP contribution in [0.15, 0.2) is 107 Å². The fourth-order valence-electron chi connectivity index (χ4n) is 9.59. The molecule has 3 aromatic carbocycles. The summed E-state index contributed by atoms with van der Waals surface area (Å²) >= 11 is 0. The normalized spacial score (nSPS) is 21.7. The van der Waals surface area contributed by atoms with Crippen LogP contribution in [0.25, 0.3) is 11.2 Å². The van der Waals surface area contributed by atoms with Gasteiger partial charge in [-0.15, -0.1) is 0 Å². The van der Waals surface area contributed by atoms with Crippen LogP contribution in [0.5, 0.6) is 0 Å². The zero-order chi connectivity index (χ0) is 57.0. The number of imidazole rings is 1. The number of aliphatic carboxylic acids is 1. The molecule has 0 spiro atoms. The quantitative estimate of drug-likeness (QED) is 0.0143. The van der Waals surface area contributed by atoms with Crippen molar-refractivity contribution in [3.05, 3.63) is 124 Å². The van der Waals surface area contributed by atoms with E-state index >= 15 is 0 Å². The first kappa shape index (κ1) is 59.8. The third-order valence-electron chi connectivity index (χ3n) is 13.8. The van der Waals surface area contributed by atoms with Crippen molar-refractivity contribution in [1.82, 2.24) is 29.7 Å². The number of aromatic amines is 1. The van der Waals surface area contributed by atoms with E-state index in [2.05, 4.69) is 25.3 Å². The average Bonchev–Trinajstić information content (AvgIpc) is 4.14. The van der Waals surface area contributed by atoms with Crippen LogP contribution in [0.3, 0.4) is 0 Å². The molecule has 22 heteroatoms. The molecule has 428 valence electrons. The van der Waals surface area contributed by atoms with Gasteiger partial charge in [-0.25, -0.2) is 24.4 Å². The summed E-state index contributed by atoms with van der Waals surface area (Å²) < 4.78 is 44.8. The zero-order valence-electron chi connectivity index (χ0n) is 45.5. The van der Waals surface area contributed by atoms with Crippen molar-refractivity contribution in [2.75, 3.05) is 40.5 Å². The highest BCUT2D eigenvalue weighted by Crippen LogP contribution is 2.39. The number of nitrogens with zero attached hydrogens (tertiary/aromatic N) is 5. The maximum atomic E-state index is 13.6. The summed E-state index contributed by atoms with van der Waals surface area (Å²) in [5, 5.41) is 12.2. The van der Waals surface area contributed by atoms with E-state index in [0.29, 0.717) is 61.8 Å². The lowest BCUT2D eigenvalue weighted by Gasteiger charge is -2.44. The third-order valence-corrected chi connectivity index (χ3v) is 13.8. The number of fused-ring (bicyclic) bond motifs is 1. The number of carboxylic acids is 1. The Labute approximate surface area is 463 Å². The second-order valence-corrected chi connectivity index (χ2v) is 20.0. The lowest BCUT2D eigenvalue weighted by atomic mass is 9.76. The van der Waals surface area contributed by atoms with Gasteiger partial charge in [0.2, 0.25) is 11.9 Å². The van der Waals surface area contributed by atoms with Gasteiger partial charge in [-0.3, -0.25) is 28.7 Å². The lowest BCUT2D eigenvalue weighted by molar-refractivity contribution is -0.159. The SMILES string of the molecule is CC[C@H]1O[C@@H](n2cnc3c(=O)[nH]c(N=CN(C)C)nc32)[C@@H](OCCCCCCNC(=O)CCCCO[C@@H]2C[C@H](COC(=O)c3ccccc3)[C@H](OC(=O)c3ccccc3)[C@H](OC(=O)c3ccccc3)[C@H]2C)C1OC(=O)CCC(=O)O. The van der Waals surface area contributed by atoms with Crippen molar-refractivity contribution in [2.45, 2.75) is 127 Å². The Bertz CT molecular complexity index is 2920. The molecule has 80 heavy (non-hydrogen) atoms. The van der Waals surface area contributed by atoms with Crippen LogP contribution in [0.4, 0.5) is 5.95 Å². The Morgan fingerprint density at radius 2 is 1.38 bits per heavy atom. The van der Waals surface area contributed by atoms with Gasteiger partial charge in [0.25, 0.3) is 5.56 Å². The van der Waals surface area contributed by atoms with E-state index < -0.39 is 96.5 Å². The van der Waals surface area contributed by atoms with E-state index in [-0.39, 0.29) is 55.7 Å². The van der Waals surface area contributed by atoms with Crippen LogP contribution in [0.2, 0.25) is 0 Å². The van der Waals surface area contributed by atoms with Gasteiger partial charge in [-0.05, 0) is 74.9 Å². The van der Waals surface area contributed by atoms with E-state index in [0.717, 1.165) is 12.8 Å². The van der Waals surface area contributed by atoms with Crippen molar-refractivity contribution in [2.24, 2.45) is 16.8 Å². The van der Waals surface area contributed by atoms with E-state index in [1.165, 1.54) is 12.7 Å². The number of benzene rings is 3. The minimum atomic E-state index is -1.14. The monoisotopic (exact) mass is 1110 g/mol. The highest BCUT2D eigenvalue weighted by atomic mass is 16.6. The van der Waals surface area contributed by atoms with Crippen molar-refractivity contribution < 1.29 is 67.0 Å². The van der Waals surface area contributed by atoms with Crippen molar-refractivity contribution in [1.29, 1.82) is 0 Å². The number of unbranched alkanes of at least 4 members (excludes halogenated alkanes) is 4. The number of nitrogens with one attached hydrogen (secondary N) is 2. The van der Waals surface area contributed by atoms with Gasteiger partial charge in [0.05, 0.1) is 61.0 Å². The number of amides is 1. The van der Waals surface area contributed by atoms with Crippen LogP contribution in [0, 0.1) is 11.8 Å². The van der Waals surface area contributed by atoms with E-state index in [1.54, 1.807) is 115 Å². The number of aliphatic imine (C=N–C) groups is 1. The summed E-state index contributed by atoms with van der Waals surface area (Å²) in [4.78, 5) is 108. The molecule has 22 nitrogen and oxygen atoms in total. The van der Waals surface area contributed by atoms with Crippen LogP contribution < -0.4 is 10.9 Å². The Kier molecular flexibility index (Phi) is 22.4. The number of carbonyl (C=O) groups is 6. The number of hydrogen-bond donors (Lipinski definition) is 3. The molecule has 3 N–H and O–H groups in total. The van der Waals surface area contributed by atoms with Crippen LogP contribution >= 0.6 is 0 Å². The summed E-state index contributed by atoms with van der Waals surface area (Å²) in [6.45, 7) is 4.60. The lowest BCUT2D eigenvalue weighted by Crippen LogP contribution is -2.54. The summed E-state index contributed by atoms with van der Waals surface area (Å²) in [6, 6.07) is 25.5. The smallest absolute Gasteiger partial charge is 0.338 e. The predicted molar refractivity (Wildman–Crippen MR) is 291 cm³/mol. The maximum Gasteiger partial charge on any atom is 0.338 e. The van der Waals surface area contributed by atoms with Crippen molar-refractivity contribution in [3.8, 4) is 0 Å². The molecule has 2 fully saturated rings. The summed E-state index contributed by atoms with van der Waals surface area (Å²) in [5.41, 5.74) is 0.709. The first-order valence-electron chi connectivity index (χ1n) is 27.2. The molecule has 2 aliphatic rings. The van der Waals surface area contributed by atoms with Gasteiger partial charge in [0.15, 0.2) is 23.5 Å². The predicted octanol–water partition coefficient (Wildman–Crippen LogP) is 7.01. The average molecular weight is 1110 g/mol. The molecule has 0 radical (unpaired) electrons. The fourth-order valence-corrected chi connectivity index (χ4v) is 9.59. The fraction of sp³-hybridized carbons (Fsp3) is 0.483. The van der Waals surface area contributed by atoms with Crippen LogP contribution in [-0.4, -0.2) is 149 Å².